The zero-order chi connectivity index (χ0) is 28.1. The van der Waals surface area contributed by atoms with Gasteiger partial charge in [0, 0.05) is 13.1 Å². The number of hydrogen-bond acceptors (Lipinski definition) is 6. The minimum absolute atomic E-state index is 0.0276. The lowest BCUT2D eigenvalue weighted by Gasteiger charge is -2.34. The predicted molar refractivity (Wildman–Crippen MR) is 142 cm³/mol. The predicted octanol–water partition coefficient (Wildman–Crippen LogP) is 2.29. The Balaban J connectivity index is 1.57. The van der Waals surface area contributed by atoms with E-state index < -0.39 is 28.9 Å². The first-order valence-electron chi connectivity index (χ1n) is 12.9. The normalized spacial score (nSPS) is 15.7. The summed E-state index contributed by atoms with van der Waals surface area (Å²) in [6.07, 6.45) is 2.10. The zero-order valence-electron chi connectivity index (χ0n) is 21.7. The van der Waals surface area contributed by atoms with Crippen LogP contribution in [0.4, 0.5) is 14.6 Å². The van der Waals surface area contributed by atoms with Gasteiger partial charge in [-0.25, -0.2) is 13.6 Å². The molecule has 4 rings (SSSR count). The summed E-state index contributed by atoms with van der Waals surface area (Å²) in [4.78, 5) is 54.4. The number of benzene rings is 2. The number of halogens is 2. The number of hydrogen-bond donors (Lipinski definition) is 2. The maximum Gasteiger partial charge on any atom is 0.332 e. The van der Waals surface area contributed by atoms with Crippen LogP contribution in [0.1, 0.15) is 47.7 Å². The van der Waals surface area contributed by atoms with E-state index in [1.165, 1.54) is 36.4 Å². The van der Waals surface area contributed by atoms with Crippen molar-refractivity contribution in [1.29, 1.82) is 0 Å². The number of aromatic nitrogens is 2. The molecule has 2 aromatic carbocycles. The number of piperidine rings is 1. The van der Waals surface area contributed by atoms with E-state index in [1.807, 2.05) is 0 Å². The average Bonchev–Trinajstić information content (AvgIpc) is 2.92. The molecule has 3 aromatic rings. The Labute approximate surface area is 223 Å². The minimum Gasteiger partial charge on any atom is -0.384 e. The second-order valence-corrected chi connectivity index (χ2v) is 9.55. The van der Waals surface area contributed by atoms with Crippen molar-refractivity contribution in [2.75, 3.05) is 18.8 Å². The van der Waals surface area contributed by atoms with Gasteiger partial charge in [0.05, 0.1) is 19.1 Å². The van der Waals surface area contributed by atoms with Crippen molar-refractivity contribution in [2.45, 2.75) is 51.9 Å². The van der Waals surface area contributed by atoms with E-state index in [-0.39, 0.29) is 49.3 Å². The van der Waals surface area contributed by atoms with Gasteiger partial charge in [0.1, 0.15) is 23.0 Å². The third-order valence-corrected chi connectivity index (χ3v) is 6.96. The molecule has 0 bridgehead atoms. The van der Waals surface area contributed by atoms with Gasteiger partial charge in [-0.3, -0.25) is 28.4 Å². The maximum atomic E-state index is 13.5. The molecule has 1 atom stereocenters. The Hall–Kier alpha value is -4.12. The molecule has 0 radical (unpaired) electrons. The molecule has 11 heteroatoms. The van der Waals surface area contributed by atoms with Crippen LogP contribution in [0, 0.1) is 11.6 Å². The Morgan fingerprint density at radius 1 is 0.949 bits per heavy atom. The molecule has 206 valence electrons. The van der Waals surface area contributed by atoms with Crippen LogP contribution in [0.25, 0.3) is 0 Å². The number of carbonyl (C=O) groups excluding carboxylic acids is 2. The number of nitrogens with one attached hydrogen (secondary N) is 1. The fraction of sp³-hybridized carbons (Fsp3) is 0.357. The topological polar surface area (TPSA) is 119 Å². The lowest BCUT2D eigenvalue weighted by molar-refractivity contribution is -0.127. The molecular formula is C28H31F2N5O4. The van der Waals surface area contributed by atoms with Crippen LogP contribution in [-0.2, 0) is 24.4 Å². The lowest BCUT2D eigenvalue weighted by atomic mass is 10.00. The number of nitrogens with zero attached hydrogens (tertiary/aromatic N) is 3. The first-order chi connectivity index (χ1) is 18.7. The van der Waals surface area contributed by atoms with E-state index in [0.717, 1.165) is 27.5 Å². The number of Topliss-reactive ketones (excluding diaryl/α,β-unsaturated/α-hetero) is 1. The average molecular weight is 540 g/mol. The number of amides is 1. The first kappa shape index (κ1) is 27.9. The van der Waals surface area contributed by atoms with Crippen LogP contribution in [-0.4, -0.2) is 44.9 Å². The van der Waals surface area contributed by atoms with Crippen molar-refractivity contribution in [3.63, 3.8) is 0 Å². The summed E-state index contributed by atoms with van der Waals surface area (Å²) < 4.78 is 28.6. The molecule has 1 aliphatic rings. The minimum atomic E-state index is -0.783. The van der Waals surface area contributed by atoms with Gasteiger partial charge in [0.15, 0.2) is 5.78 Å². The first-order valence-corrected chi connectivity index (χ1v) is 12.9. The van der Waals surface area contributed by atoms with Crippen molar-refractivity contribution >= 4 is 17.5 Å². The van der Waals surface area contributed by atoms with Crippen LogP contribution in [0.5, 0.6) is 0 Å². The molecule has 0 unspecified atom stereocenters. The molecule has 9 nitrogen and oxygen atoms in total. The van der Waals surface area contributed by atoms with Crippen LogP contribution in [0.3, 0.4) is 0 Å². The monoisotopic (exact) mass is 539 g/mol. The number of likely N-dealkylation sites (tertiary alicyclic amines) is 1. The lowest BCUT2D eigenvalue weighted by Crippen LogP contribution is -2.52. The van der Waals surface area contributed by atoms with E-state index in [0.29, 0.717) is 18.5 Å². The van der Waals surface area contributed by atoms with Crippen molar-refractivity contribution in [3.05, 3.63) is 97.7 Å². The van der Waals surface area contributed by atoms with Crippen molar-refractivity contribution in [1.82, 2.24) is 19.4 Å². The van der Waals surface area contributed by atoms with E-state index in [9.17, 15) is 28.0 Å². The van der Waals surface area contributed by atoms with Gasteiger partial charge in [-0.1, -0.05) is 30.7 Å². The second-order valence-electron chi connectivity index (χ2n) is 9.55. The number of rotatable bonds is 9. The summed E-state index contributed by atoms with van der Waals surface area (Å²) in [5.74, 6) is -1.94. The number of carbonyl (C=O) groups is 2. The molecule has 1 fully saturated rings. The highest BCUT2D eigenvalue weighted by Gasteiger charge is 2.32. The fourth-order valence-corrected chi connectivity index (χ4v) is 4.83. The van der Waals surface area contributed by atoms with Gasteiger partial charge in [0.25, 0.3) is 5.56 Å². The molecule has 0 saturated carbocycles. The molecule has 1 saturated heterocycles. The van der Waals surface area contributed by atoms with Crippen LogP contribution < -0.4 is 22.3 Å². The quantitative estimate of drug-likeness (QED) is 0.403. The number of nitrogen functional groups attached to an aromatic ring is 1. The van der Waals surface area contributed by atoms with Gasteiger partial charge in [-0.2, -0.15) is 0 Å². The molecule has 0 spiro atoms. The molecule has 1 aliphatic heterocycles. The summed E-state index contributed by atoms with van der Waals surface area (Å²) in [7, 11) is 0. The van der Waals surface area contributed by atoms with E-state index >= 15 is 0 Å². The zero-order valence-corrected chi connectivity index (χ0v) is 21.7. The number of anilines is 1. The van der Waals surface area contributed by atoms with Crippen LogP contribution in [0.2, 0.25) is 0 Å². The largest absolute Gasteiger partial charge is 0.384 e. The SMILES string of the molecule is CCn1c(=O)c(C(=O)CN2CCCC[C@@H]2C(=O)NCc2ccc(F)cc2)c(N)n(Cc2ccc(F)cc2)c1=O. The van der Waals surface area contributed by atoms with Gasteiger partial charge in [-0.15, -0.1) is 0 Å². The van der Waals surface area contributed by atoms with Crippen molar-refractivity contribution in [2.24, 2.45) is 0 Å². The maximum absolute atomic E-state index is 13.5. The van der Waals surface area contributed by atoms with Crippen LogP contribution in [0.15, 0.2) is 58.1 Å². The molecule has 1 amide bonds. The number of nitrogens with two attached hydrogens (primary N) is 1. The second kappa shape index (κ2) is 12.2. The Kier molecular flexibility index (Phi) is 8.70. The van der Waals surface area contributed by atoms with Crippen molar-refractivity contribution in [3.8, 4) is 0 Å². The molecule has 2 heterocycles. The van der Waals surface area contributed by atoms with Crippen LogP contribution >= 0.6 is 0 Å². The summed E-state index contributed by atoms with van der Waals surface area (Å²) in [5.41, 5.74) is 5.78. The van der Waals surface area contributed by atoms with E-state index in [1.54, 1.807) is 24.0 Å². The van der Waals surface area contributed by atoms with Gasteiger partial charge in [0.2, 0.25) is 5.91 Å². The van der Waals surface area contributed by atoms with Gasteiger partial charge < -0.3 is 11.1 Å². The number of ketones is 1. The van der Waals surface area contributed by atoms with Crippen molar-refractivity contribution < 1.29 is 18.4 Å². The highest BCUT2D eigenvalue weighted by Crippen LogP contribution is 2.19. The third-order valence-electron chi connectivity index (χ3n) is 6.96. The Morgan fingerprint density at radius 2 is 1.56 bits per heavy atom. The highest BCUT2D eigenvalue weighted by atomic mass is 19.1. The standard InChI is InChI=1S/C28H31F2N5O4/c1-2-34-27(38)24(25(31)35(28(34)39)16-19-8-12-21(30)13-9-19)23(36)17-33-14-4-3-5-22(33)26(37)32-15-18-6-10-20(29)11-7-18/h6-13,22H,2-5,14-17,31H2,1H3,(H,32,37)/t22-/m1/s1. The summed E-state index contributed by atoms with van der Waals surface area (Å²) >= 11 is 0. The molecule has 1 aromatic heterocycles. The fourth-order valence-electron chi connectivity index (χ4n) is 4.83. The summed E-state index contributed by atoms with van der Waals surface area (Å²) in [5, 5.41) is 2.84. The van der Waals surface area contributed by atoms with Gasteiger partial charge >= 0.3 is 5.69 Å². The van der Waals surface area contributed by atoms with E-state index in [4.69, 9.17) is 5.73 Å². The molecule has 0 aliphatic carbocycles. The highest BCUT2D eigenvalue weighted by molar-refractivity contribution is 6.01. The third kappa shape index (κ3) is 6.31. The molecular weight excluding hydrogens is 508 g/mol. The van der Waals surface area contributed by atoms with E-state index in [2.05, 4.69) is 5.32 Å². The summed E-state index contributed by atoms with van der Waals surface area (Å²) in [6, 6.07) is 10.7. The molecule has 3 N–H and O–H groups in total. The Bertz CT molecular complexity index is 1470. The smallest absolute Gasteiger partial charge is 0.332 e. The molecule has 39 heavy (non-hydrogen) atoms. The summed E-state index contributed by atoms with van der Waals surface area (Å²) in [6.45, 7) is 2.04. The van der Waals surface area contributed by atoms with Gasteiger partial charge in [-0.05, 0) is 61.7 Å². The Morgan fingerprint density at radius 3 is 2.18 bits per heavy atom.